The van der Waals surface area contributed by atoms with E-state index in [1.165, 1.54) is 11.8 Å². The number of amides is 3. The minimum absolute atomic E-state index is 0.0379. The summed E-state index contributed by atoms with van der Waals surface area (Å²) >= 11 is 1.36. The molecule has 5 aromatic carbocycles. The van der Waals surface area contributed by atoms with Crippen molar-refractivity contribution in [3.8, 4) is 11.5 Å². The summed E-state index contributed by atoms with van der Waals surface area (Å²) in [7, 11) is 0. The number of carbonyl (C=O) groups is 3. The lowest BCUT2D eigenvalue weighted by Crippen LogP contribution is -2.30. The summed E-state index contributed by atoms with van der Waals surface area (Å²) in [6.45, 7) is 4.79. The summed E-state index contributed by atoms with van der Waals surface area (Å²) in [6.07, 6.45) is 1.59. The van der Waals surface area contributed by atoms with E-state index in [0.29, 0.717) is 41.5 Å². The molecule has 3 N–H and O–H groups in total. The van der Waals surface area contributed by atoms with Crippen molar-refractivity contribution in [2.45, 2.75) is 24.0 Å². The predicted octanol–water partition coefficient (Wildman–Crippen LogP) is 8.37. The molecule has 9 heteroatoms. The van der Waals surface area contributed by atoms with Gasteiger partial charge in [0.25, 0.3) is 11.8 Å². The Labute approximate surface area is 290 Å². The smallest absolute Gasteiger partial charge is 0.272 e. The minimum Gasteiger partial charge on any atom is -0.494 e. The molecule has 0 aliphatic carbocycles. The summed E-state index contributed by atoms with van der Waals surface area (Å²) in [4.78, 5) is 41.3. The average molecular weight is 672 g/mol. The Hall–Kier alpha value is -5.80. The third-order valence-electron chi connectivity index (χ3n) is 7.17. The van der Waals surface area contributed by atoms with Crippen LogP contribution < -0.4 is 25.4 Å². The molecule has 49 heavy (non-hydrogen) atoms. The fraction of sp³-hybridized carbons (Fsp3) is 0.125. The maximum atomic E-state index is 13.8. The van der Waals surface area contributed by atoms with E-state index in [1.54, 1.807) is 66.7 Å². The van der Waals surface area contributed by atoms with E-state index in [2.05, 4.69) is 16.0 Å². The number of hydrogen-bond donors (Lipinski definition) is 3. The zero-order chi connectivity index (χ0) is 34.4. The van der Waals surface area contributed by atoms with Gasteiger partial charge in [-0.15, -0.1) is 11.8 Å². The summed E-state index contributed by atoms with van der Waals surface area (Å²) in [5.74, 6) is 0.161. The number of nitrogens with one attached hydrogen (secondary N) is 3. The van der Waals surface area contributed by atoms with Gasteiger partial charge in [-0.05, 0) is 86.2 Å². The highest BCUT2D eigenvalue weighted by atomic mass is 32.2. The van der Waals surface area contributed by atoms with Gasteiger partial charge in [-0.25, -0.2) is 0 Å². The first-order valence-corrected chi connectivity index (χ1v) is 16.8. The normalized spacial score (nSPS) is 11.6. The van der Waals surface area contributed by atoms with Crippen molar-refractivity contribution in [2.75, 3.05) is 23.8 Å². The van der Waals surface area contributed by atoms with E-state index in [0.717, 1.165) is 16.2 Å². The molecule has 5 aromatic rings. The van der Waals surface area contributed by atoms with E-state index < -0.39 is 17.1 Å². The summed E-state index contributed by atoms with van der Waals surface area (Å²) in [5.41, 5.74) is 3.05. The van der Waals surface area contributed by atoms with Crippen molar-refractivity contribution in [1.82, 2.24) is 5.32 Å². The van der Waals surface area contributed by atoms with Crippen molar-refractivity contribution in [3.05, 3.63) is 156 Å². The van der Waals surface area contributed by atoms with Gasteiger partial charge in [-0.3, -0.25) is 14.4 Å². The molecule has 1 unspecified atom stereocenters. The molecule has 8 nitrogen and oxygen atoms in total. The van der Waals surface area contributed by atoms with Crippen LogP contribution in [0, 0.1) is 0 Å². The lowest BCUT2D eigenvalue weighted by molar-refractivity contribution is -0.116. The Morgan fingerprint density at radius 3 is 2.08 bits per heavy atom. The van der Waals surface area contributed by atoms with Crippen molar-refractivity contribution in [2.24, 2.45) is 0 Å². The van der Waals surface area contributed by atoms with Crippen molar-refractivity contribution < 1.29 is 23.9 Å². The lowest BCUT2D eigenvalue weighted by atomic mass is 10.1. The molecule has 248 valence electrons. The molecule has 0 fully saturated rings. The van der Waals surface area contributed by atoms with E-state index >= 15 is 0 Å². The van der Waals surface area contributed by atoms with Crippen LogP contribution in [0.15, 0.2) is 144 Å². The molecule has 1 atom stereocenters. The van der Waals surface area contributed by atoms with Crippen LogP contribution in [0.2, 0.25) is 0 Å². The summed E-state index contributed by atoms with van der Waals surface area (Å²) in [6, 6.07) is 40.0. The van der Waals surface area contributed by atoms with Gasteiger partial charge >= 0.3 is 0 Å². The van der Waals surface area contributed by atoms with Gasteiger partial charge in [-0.2, -0.15) is 0 Å². The monoisotopic (exact) mass is 671 g/mol. The van der Waals surface area contributed by atoms with E-state index in [1.807, 2.05) is 86.6 Å². The second kappa shape index (κ2) is 17.4. The lowest BCUT2D eigenvalue weighted by Gasteiger charge is -2.18. The zero-order valence-electron chi connectivity index (χ0n) is 27.2. The first-order valence-electron chi connectivity index (χ1n) is 15.9. The maximum Gasteiger partial charge on any atom is 0.272 e. The quantitative estimate of drug-likeness (QED) is 0.0810. The van der Waals surface area contributed by atoms with E-state index in [9.17, 15) is 14.4 Å². The number of anilines is 2. The van der Waals surface area contributed by atoms with Crippen molar-refractivity contribution in [3.63, 3.8) is 0 Å². The Morgan fingerprint density at radius 1 is 0.694 bits per heavy atom. The molecule has 5 rings (SSSR count). The third-order valence-corrected chi connectivity index (χ3v) is 8.41. The Bertz CT molecular complexity index is 1900. The number of rotatable bonds is 14. The molecule has 0 aromatic heterocycles. The second-order valence-corrected chi connectivity index (χ2v) is 11.9. The van der Waals surface area contributed by atoms with Crippen LogP contribution in [-0.4, -0.2) is 30.9 Å². The predicted molar refractivity (Wildman–Crippen MR) is 196 cm³/mol. The highest BCUT2D eigenvalue weighted by molar-refractivity contribution is 8.00. The van der Waals surface area contributed by atoms with Crippen LogP contribution in [0.3, 0.4) is 0 Å². The van der Waals surface area contributed by atoms with Gasteiger partial charge in [0, 0.05) is 27.4 Å². The number of carbonyl (C=O) groups excluding carboxylic acids is 3. The van der Waals surface area contributed by atoms with Crippen LogP contribution in [0.25, 0.3) is 6.08 Å². The van der Waals surface area contributed by atoms with Crippen LogP contribution >= 0.6 is 11.8 Å². The first-order chi connectivity index (χ1) is 23.9. The SMILES string of the molecule is CCOc1ccc(NC(=O)C(Sc2cccc(NC(=O)/C(=C\c3ccccc3OCC)NC(=O)c3ccccc3)c2)c2ccccc2)cc1. The molecule has 0 heterocycles. The molecule has 0 saturated carbocycles. The highest BCUT2D eigenvalue weighted by Crippen LogP contribution is 2.37. The third kappa shape index (κ3) is 9.85. The summed E-state index contributed by atoms with van der Waals surface area (Å²) in [5, 5.41) is 8.13. The number of ether oxygens (including phenoxy) is 2. The fourth-order valence-electron chi connectivity index (χ4n) is 4.88. The van der Waals surface area contributed by atoms with E-state index in [-0.39, 0.29) is 11.6 Å². The molecule has 3 amide bonds. The number of benzene rings is 5. The van der Waals surface area contributed by atoms with Gasteiger partial charge in [-0.1, -0.05) is 72.8 Å². The van der Waals surface area contributed by atoms with Gasteiger partial charge in [0.05, 0.1) is 13.2 Å². The number of thioether (sulfide) groups is 1. The molecular formula is C40H37N3O5S. The standard InChI is InChI=1S/C40H37N3O5S/c1-3-47-33-24-22-31(23-25-33)41-40(46)37(28-14-7-5-8-15-28)49-34-20-13-19-32(27-34)42-39(45)35(43-38(44)29-16-9-6-10-17-29)26-30-18-11-12-21-36(30)48-4-2/h5-27,37H,3-4H2,1-2H3,(H,41,46)(H,42,45)(H,43,44)/b35-26+. The van der Waals surface area contributed by atoms with Crippen LogP contribution in [-0.2, 0) is 9.59 Å². The topological polar surface area (TPSA) is 106 Å². The molecule has 0 saturated heterocycles. The van der Waals surface area contributed by atoms with Gasteiger partial charge in [0.1, 0.15) is 22.4 Å². The van der Waals surface area contributed by atoms with Crippen LogP contribution in [0.4, 0.5) is 11.4 Å². The maximum absolute atomic E-state index is 13.8. The Balaban J connectivity index is 1.38. The van der Waals surface area contributed by atoms with E-state index in [4.69, 9.17) is 9.47 Å². The van der Waals surface area contributed by atoms with Gasteiger partial charge in [0.2, 0.25) is 5.91 Å². The zero-order valence-corrected chi connectivity index (χ0v) is 28.0. The Morgan fingerprint density at radius 2 is 1.37 bits per heavy atom. The van der Waals surface area contributed by atoms with Crippen LogP contribution in [0.5, 0.6) is 11.5 Å². The molecule has 0 spiro atoms. The number of hydrogen-bond acceptors (Lipinski definition) is 6. The number of para-hydroxylation sites is 1. The molecule has 0 aliphatic heterocycles. The minimum atomic E-state index is -0.589. The molecular weight excluding hydrogens is 635 g/mol. The summed E-state index contributed by atoms with van der Waals surface area (Å²) < 4.78 is 11.3. The van der Waals surface area contributed by atoms with Crippen molar-refractivity contribution in [1.29, 1.82) is 0 Å². The first kappa shape index (κ1) is 34.5. The highest BCUT2D eigenvalue weighted by Gasteiger charge is 2.23. The van der Waals surface area contributed by atoms with Crippen LogP contribution in [0.1, 0.15) is 40.6 Å². The second-order valence-electron chi connectivity index (χ2n) is 10.7. The molecule has 0 radical (unpaired) electrons. The van der Waals surface area contributed by atoms with Gasteiger partial charge in [0.15, 0.2) is 0 Å². The van der Waals surface area contributed by atoms with Crippen molar-refractivity contribution >= 4 is 46.9 Å². The van der Waals surface area contributed by atoms with Gasteiger partial charge < -0.3 is 25.4 Å². The average Bonchev–Trinajstić information content (AvgIpc) is 3.13. The fourth-order valence-corrected chi connectivity index (χ4v) is 5.96. The molecule has 0 aliphatic rings. The largest absolute Gasteiger partial charge is 0.494 e. The molecule has 0 bridgehead atoms. The Kier molecular flexibility index (Phi) is 12.2.